The monoisotopic (exact) mass is 320 g/mol. The van der Waals surface area contributed by atoms with Gasteiger partial charge < -0.3 is 9.64 Å². The summed E-state index contributed by atoms with van der Waals surface area (Å²) in [6.45, 7) is 1.84. The lowest BCUT2D eigenvalue weighted by atomic mass is 9.91. The van der Waals surface area contributed by atoms with Crippen molar-refractivity contribution in [1.29, 1.82) is 0 Å². The Balaban J connectivity index is 1.98. The fourth-order valence-corrected chi connectivity index (χ4v) is 2.70. The molecule has 0 saturated carbocycles. The van der Waals surface area contributed by atoms with Crippen molar-refractivity contribution in [1.82, 2.24) is 4.90 Å². The molecular weight excluding hydrogens is 300 g/mol. The fourth-order valence-electron chi connectivity index (χ4n) is 2.70. The topological polar surface area (TPSA) is 89.8 Å². The first-order valence-corrected chi connectivity index (χ1v) is 7.63. The van der Waals surface area contributed by atoms with Crippen LogP contribution < -0.4 is 0 Å². The van der Waals surface area contributed by atoms with Gasteiger partial charge in [-0.1, -0.05) is 37.3 Å². The molecule has 7 nitrogen and oxygen atoms in total. The number of nitro groups is 1. The summed E-state index contributed by atoms with van der Waals surface area (Å²) in [6, 6.07) is 9.17. The molecule has 1 aliphatic rings. The summed E-state index contributed by atoms with van der Waals surface area (Å²) < 4.78 is 5.18. The average molecular weight is 320 g/mol. The minimum atomic E-state index is -1.68. The van der Waals surface area contributed by atoms with Crippen molar-refractivity contribution in [2.75, 3.05) is 13.1 Å². The van der Waals surface area contributed by atoms with Crippen LogP contribution in [0.4, 0.5) is 4.79 Å². The number of rotatable bonds is 6. The summed E-state index contributed by atoms with van der Waals surface area (Å²) in [7, 11) is 0. The van der Waals surface area contributed by atoms with Gasteiger partial charge in [-0.05, 0) is 12.0 Å². The maximum absolute atomic E-state index is 12.1. The van der Waals surface area contributed by atoms with Crippen LogP contribution in [0.3, 0.4) is 0 Å². The van der Waals surface area contributed by atoms with E-state index < -0.39 is 22.3 Å². The summed E-state index contributed by atoms with van der Waals surface area (Å²) in [6.07, 6.45) is 0.113. The van der Waals surface area contributed by atoms with Crippen molar-refractivity contribution < 1.29 is 19.2 Å². The highest BCUT2D eigenvalue weighted by molar-refractivity contribution is 5.88. The molecule has 1 amide bonds. The van der Waals surface area contributed by atoms with Gasteiger partial charge in [-0.15, -0.1) is 0 Å². The molecule has 124 valence electrons. The van der Waals surface area contributed by atoms with E-state index in [2.05, 4.69) is 0 Å². The van der Waals surface area contributed by atoms with E-state index >= 15 is 0 Å². The second-order valence-electron chi connectivity index (χ2n) is 5.67. The van der Waals surface area contributed by atoms with Crippen LogP contribution in [0, 0.1) is 10.1 Å². The first-order chi connectivity index (χ1) is 11.0. The molecule has 0 radical (unpaired) electrons. The standard InChI is InChI=1S/C16H20N2O5/c1-2-6-14(19)16(18(21)22)9-10-17(12-16)15(20)23-11-13-7-4-3-5-8-13/h3-5,7-8H,2,6,9-12H2,1H3. The highest BCUT2D eigenvalue weighted by atomic mass is 16.6. The second kappa shape index (κ2) is 7.21. The van der Waals surface area contributed by atoms with Gasteiger partial charge in [0.15, 0.2) is 0 Å². The van der Waals surface area contributed by atoms with Crippen LogP contribution in [0.15, 0.2) is 30.3 Å². The van der Waals surface area contributed by atoms with Crippen LogP contribution >= 0.6 is 0 Å². The molecule has 23 heavy (non-hydrogen) atoms. The van der Waals surface area contributed by atoms with Crippen LogP contribution in [0.1, 0.15) is 31.7 Å². The van der Waals surface area contributed by atoms with Crippen molar-refractivity contribution in [3.63, 3.8) is 0 Å². The molecule has 1 aromatic rings. The Hall–Kier alpha value is -2.44. The number of ketones is 1. The smallest absolute Gasteiger partial charge is 0.410 e. The maximum Gasteiger partial charge on any atom is 0.410 e. The van der Waals surface area contributed by atoms with Gasteiger partial charge in [0.25, 0.3) is 5.54 Å². The minimum Gasteiger partial charge on any atom is -0.445 e. The van der Waals surface area contributed by atoms with E-state index in [-0.39, 0.29) is 32.5 Å². The van der Waals surface area contributed by atoms with Crippen LogP contribution in [0.2, 0.25) is 0 Å². The molecular formula is C16H20N2O5. The Labute approximate surface area is 134 Å². The summed E-state index contributed by atoms with van der Waals surface area (Å²) in [5.74, 6) is -0.414. The van der Waals surface area contributed by atoms with Crippen molar-refractivity contribution in [2.45, 2.75) is 38.3 Å². The van der Waals surface area contributed by atoms with Gasteiger partial charge >= 0.3 is 6.09 Å². The number of carbonyl (C=O) groups excluding carboxylic acids is 2. The molecule has 2 rings (SSSR count). The Kier molecular flexibility index (Phi) is 5.31. The van der Waals surface area contributed by atoms with Gasteiger partial charge in [-0.2, -0.15) is 0 Å². The molecule has 1 fully saturated rings. The molecule has 1 saturated heterocycles. The molecule has 0 aliphatic carbocycles. The number of likely N-dealkylation sites (tertiary alicyclic amines) is 1. The SMILES string of the molecule is CCCC(=O)C1([N+](=O)[O-])CCN(C(=O)OCc2ccccc2)C1. The Morgan fingerprint density at radius 2 is 2.04 bits per heavy atom. The predicted molar refractivity (Wildman–Crippen MR) is 82.5 cm³/mol. The Morgan fingerprint density at radius 3 is 2.65 bits per heavy atom. The molecule has 1 aromatic carbocycles. The number of hydrogen-bond acceptors (Lipinski definition) is 5. The molecule has 0 aromatic heterocycles. The van der Waals surface area contributed by atoms with Crippen LogP contribution in [0.5, 0.6) is 0 Å². The third-order valence-corrected chi connectivity index (χ3v) is 4.06. The molecule has 1 atom stereocenters. The Bertz CT molecular complexity index is 589. The maximum atomic E-state index is 12.1. The van der Waals surface area contributed by atoms with Crippen molar-refractivity contribution in [3.05, 3.63) is 46.0 Å². The van der Waals surface area contributed by atoms with Gasteiger partial charge in [0.1, 0.15) is 13.2 Å². The fraction of sp³-hybridized carbons (Fsp3) is 0.500. The molecule has 7 heteroatoms. The summed E-state index contributed by atoms with van der Waals surface area (Å²) in [4.78, 5) is 36.3. The predicted octanol–water partition coefficient (Wildman–Crippen LogP) is 2.41. The normalized spacial score (nSPS) is 20.3. The second-order valence-corrected chi connectivity index (χ2v) is 5.67. The Morgan fingerprint density at radius 1 is 1.35 bits per heavy atom. The van der Waals surface area contributed by atoms with Gasteiger partial charge in [0.05, 0.1) is 0 Å². The van der Waals surface area contributed by atoms with Crippen LogP contribution in [-0.4, -0.2) is 40.3 Å². The van der Waals surface area contributed by atoms with Crippen molar-refractivity contribution >= 4 is 11.9 Å². The first-order valence-electron chi connectivity index (χ1n) is 7.63. The lowest BCUT2D eigenvalue weighted by Gasteiger charge is -2.19. The molecule has 1 heterocycles. The zero-order valence-corrected chi connectivity index (χ0v) is 13.1. The van der Waals surface area contributed by atoms with E-state index in [1.54, 1.807) is 6.92 Å². The zero-order chi connectivity index (χ0) is 16.9. The van der Waals surface area contributed by atoms with Gasteiger partial charge in [-0.25, -0.2) is 4.79 Å². The summed E-state index contributed by atoms with van der Waals surface area (Å²) in [5, 5.41) is 11.4. The number of hydrogen-bond donors (Lipinski definition) is 0. The highest BCUT2D eigenvalue weighted by Gasteiger charge is 2.56. The third kappa shape index (κ3) is 3.67. The van der Waals surface area contributed by atoms with Crippen molar-refractivity contribution in [3.8, 4) is 0 Å². The quantitative estimate of drug-likeness (QED) is 0.593. The number of benzene rings is 1. The van der Waals surface area contributed by atoms with E-state index in [0.717, 1.165) is 5.56 Å². The van der Waals surface area contributed by atoms with Crippen LogP contribution in [0.25, 0.3) is 0 Å². The summed E-state index contributed by atoms with van der Waals surface area (Å²) >= 11 is 0. The van der Waals surface area contributed by atoms with E-state index in [9.17, 15) is 19.7 Å². The minimum absolute atomic E-state index is 0.0409. The zero-order valence-electron chi connectivity index (χ0n) is 13.1. The molecule has 0 bridgehead atoms. The van der Waals surface area contributed by atoms with Gasteiger partial charge in [0.2, 0.25) is 5.78 Å². The lowest BCUT2D eigenvalue weighted by Crippen LogP contribution is -2.49. The lowest BCUT2D eigenvalue weighted by molar-refractivity contribution is -0.547. The van der Waals surface area contributed by atoms with Gasteiger partial charge in [0, 0.05) is 24.3 Å². The number of amides is 1. The first kappa shape index (κ1) is 16.9. The molecule has 0 spiro atoms. The number of carbonyl (C=O) groups is 2. The number of Topliss-reactive ketones (excluding diaryl/α,β-unsaturated/α-hetero) is 1. The number of nitrogens with zero attached hydrogens (tertiary/aromatic N) is 2. The van der Waals surface area contributed by atoms with E-state index in [4.69, 9.17) is 4.74 Å². The largest absolute Gasteiger partial charge is 0.445 e. The molecule has 1 aliphatic heterocycles. The highest BCUT2D eigenvalue weighted by Crippen LogP contribution is 2.28. The van der Waals surface area contributed by atoms with Crippen molar-refractivity contribution in [2.24, 2.45) is 0 Å². The third-order valence-electron chi connectivity index (χ3n) is 4.06. The molecule has 0 N–H and O–H groups in total. The van der Waals surface area contributed by atoms with Crippen LogP contribution in [-0.2, 0) is 16.1 Å². The average Bonchev–Trinajstić information content (AvgIpc) is 3.01. The van der Waals surface area contributed by atoms with E-state index in [0.29, 0.717) is 6.42 Å². The number of ether oxygens (including phenoxy) is 1. The van der Waals surface area contributed by atoms with E-state index in [1.165, 1.54) is 4.90 Å². The molecule has 1 unspecified atom stereocenters. The van der Waals surface area contributed by atoms with Gasteiger partial charge in [-0.3, -0.25) is 14.9 Å². The summed E-state index contributed by atoms with van der Waals surface area (Å²) in [5.41, 5.74) is -0.843. The van der Waals surface area contributed by atoms with E-state index in [1.807, 2.05) is 30.3 Å².